The zero-order chi connectivity index (χ0) is 19.6. The SMILES string of the molecule is Cc1cnc(Cc2ccccc2)[nH]1.[B]C=C(c1ccccc1)c1ccccc1. The standard InChI is InChI=1S/C14H11B.C11H12N2/c15-11-14(12-7-3-1-4-8-12)13-9-5-2-6-10-13;1-9-8-12-11(13-9)7-10-5-3-2-4-6-10/h1-11H;2-6,8H,7H2,1H3,(H,12,13). The molecular formula is C25H23BN2. The van der Waals surface area contributed by atoms with Gasteiger partial charge in [0, 0.05) is 18.3 Å². The molecule has 2 radical (unpaired) electrons. The minimum Gasteiger partial charge on any atom is -0.346 e. The van der Waals surface area contributed by atoms with E-state index >= 15 is 0 Å². The number of aromatic amines is 1. The summed E-state index contributed by atoms with van der Waals surface area (Å²) in [5.74, 6) is 2.69. The summed E-state index contributed by atoms with van der Waals surface area (Å²) >= 11 is 0. The average molecular weight is 362 g/mol. The molecule has 0 saturated heterocycles. The second-order valence-corrected chi connectivity index (χ2v) is 6.49. The van der Waals surface area contributed by atoms with Gasteiger partial charge in [0.2, 0.25) is 0 Å². The van der Waals surface area contributed by atoms with Crippen molar-refractivity contribution in [2.24, 2.45) is 0 Å². The summed E-state index contributed by atoms with van der Waals surface area (Å²) in [7, 11) is 5.67. The van der Waals surface area contributed by atoms with Crippen LogP contribution in [0.2, 0.25) is 0 Å². The highest BCUT2D eigenvalue weighted by molar-refractivity contribution is 6.21. The number of aryl methyl sites for hydroxylation is 1. The second kappa shape index (κ2) is 10.1. The summed E-state index contributed by atoms with van der Waals surface area (Å²) in [4.78, 5) is 7.47. The highest BCUT2D eigenvalue weighted by atomic mass is 14.9. The predicted molar refractivity (Wildman–Crippen MR) is 118 cm³/mol. The molecular weight excluding hydrogens is 339 g/mol. The van der Waals surface area contributed by atoms with Gasteiger partial charge < -0.3 is 4.98 Å². The molecule has 4 rings (SSSR count). The van der Waals surface area contributed by atoms with Gasteiger partial charge in [0.1, 0.15) is 13.7 Å². The normalized spacial score (nSPS) is 9.89. The summed E-state index contributed by atoms with van der Waals surface area (Å²) in [5, 5.41) is 0. The van der Waals surface area contributed by atoms with Crippen molar-refractivity contribution in [1.82, 2.24) is 9.97 Å². The van der Waals surface area contributed by atoms with Crippen LogP contribution in [0.3, 0.4) is 0 Å². The highest BCUT2D eigenvalue weighted by Gasteiger charge is 2.01. The Hall–Kier alpha value is -3.33. The van der Waals surface area contributed by atoms with Gasteiger partial charge in [-0.05, 0) is 29.2 Å². The fourth-order valence-corrected chi connectivity index (χ4v) is 2.94. The van der Waals surface area contributed by atoms with E-state index in [9.17, 15) is 0 Å². The van der Waals surface area contributed by atoms with Crippen molar-refractivity contribution >= 4 is 13.4 Å². The van der Waals surface area contributed by atoms with E-state index in [0.717, 1.165) is 34.6 Å². The van der Waals surface area contributed by atoms with E-state index in [2.05, 4.69) is 46.4 Å². The van der Waals surface area contributed by atoms with Crippen LogP contribution in [0.5, 0.6) is 0 Å². The third kappa shape index (κ3) is 5.58. The van der Waals surface area contributed by atoms with Crippen LogP contribution in [0.1, 0.15) is 28.2 Å². The molecule has 1 aromatic heterocycles. The molecule has 0 aliphatic rings. The molecule has 2 nitrogen and oxygen atoms in total. The van der Waals surface area contributed by atoms with Crippen LogP contribution in [-0.2, 0) is 6.42 Å². The number of H-pyrrole nitrogens is 1. The van der Waals surface area contributed by atoms with Crippen LogP contribution < -0.4 is 0 Å². The first kappa shape index (κ1) is 19.4. The van der Waals surface area contributed by atoms with E-state index in [4.69, 9.17) is 7.85 Å². The molecule has 28 heavy (non-hydrogen) atoms. The molecule has 0 aliphatic carbocycles. The molecule has 1 heterocycles. The molecule has 0 atom stereocenters. The van der Waals surface area contributed by atoms with Crippen LogP contribution in [0.25, 0.3) is 5.57 Å². The number of hydrogen-bond acceptors (Lipinski definition) is 1. The Balaban J connectivity index is 0.000000162. The number of rotatable bonds is 4. The van der Waals surface area contributed by atoms with Gasteiger partial charge >= 0.3 is 0 Å². The van der Waals surface area contributed by atoms with Gasteiger partial charge in [-0.25, -0.2) is 4.98 Å². The summed E-state index contributed by atoms with van der Waals surface area (Å²) in [6.45, 7) is 2.02. The molecule has 4 aromatic rings. The van der Waals surface area contributed by atoms with E-state index in [1.807, 2.05) is 67.7 Å². The van der Waals surface area contributed by atoms with Crippen LogP contribution in [0.4, 0.5) is 0 Å². The summed E-state index contributed by atoms with van der Waals surface area (Å²) in [6, 6.07) is 30.6. The molecule has 0 unspecified atom stereocenters. The van der Waals surface area contributed by atoms with Crippen LogP contribution >= 0.6 is 0 Å². The van der Waals surface area contributed by atoms with Crippen molar-refractivity contribution < 1.29 is 0 Å². The fourth-order valence-electron chi connectivity index (χ4n) is 2.94. The Morgan fingerprint density at radius 1 is 0.821 bits per heavy atom. The lowest BCUT2D eigenvalue weighted by molar-refractivity contribution is 1.02. The number of hydrogen-bond donors (Lipinski definition) is 1. The Bertz CT molecular complexity index is 949. The number of nitrogens with one attached hydrogen (secondary N) is 1. The molecule has 0 amide bonds. The maximum Gasteiger partial charge on any atom is 0.110 e. The molecule has 136 valence electrons. The van der Waals surface area contributed by atoms with Gasteiger partial charge in [0.25, 0.3) is 0 Å². The van der Waals surface area contributed by atoms with E-state index in [1.165, 1.54) is 5.56 Å². The Labute approximate surface area is 168 Å². The lowest BCUT2D eigenvalue weighted by Crippen LogP contribution is -1.89. The zero-order valence-electron chi connectivity index (χ0n) is 16.0. The molecule has 3 heteroatoms. The van der Waals surface area contributed by atoms with E-state index in [1.54, 1.807) is 5.98 Å². The smallest absolute Gasteiger partial charge is 0.110 e. The predicted octanol–water partition coefficient (Wildman–Crippen LogP) is 5.55. The quantitative estimate of drug-likeness (QED) is 0.474. The van der Waals surface area contributed by atoms with Gasteiger partial charge in [-0.1, -0.05) is 91.0 Å². The maximum absolute atomic E-state index is 5.67. The Kier molecular flexibility index (Phi) is 7.03. The van der Waals surface area contributed by atoms with Crippen molar-refractivity contribution in [2.75, 3.05) is 0 Å². The van der Waals surface area contributed by atoms with Crippen LogP contribution in [-0.4, -0.2) is 17.8 Å². The third-order valence-electron chi connectivity index (χ3n) is 4.31. The minimum atomic E-state index is 0.884. The molecule has 3 aromatic carbocycles. The molecule has 0 bridgehead atoms. The maximum atomic E-state index is 5.67. The largest absolute Gasteiger partial charge is 0.346 e. The van der Waals surface area contributed by atoms with Gasteiger partial charge in [0.05, 0.1) is 0 Å². The molecule has 0 fully saturated rings. The summed E-state index contributed by atoms with van der Waals surface area (Å²) in [6.07, 6.45) is 2.74. The van der Waals surface area contributed by atoms with Crippen molar-refractivity contribution in [1.29, 1.82) is 0 Å². The summed E-state index contributed by atoms with van der Waals surface area (Å²) < 4.78 is 0. The van der Waals surface area contributed by atoms with Crippen molar-refractivity contribution in [3.8, 4) is 0 Å². The summed E-state index contributed by atoms with van der Waals surface area (Å²) in [5.41, 5.74) is 5.76. The molecule has 0 spiro atoms. The first-order valence-electron chi connectivity index (χ1n) is 9.33. The lowest BCUT2D eigenvalue weighted by Gasteiger charge is -2.07. The van der Waals surface area contributed by atoms with Crippen LogP contribution in [0, 0.1) is 6.92 Å². The Morgan fingerprint density at radius 3 is 1.75 bits per heavy atom. The topological polar surface area (TPSA) is 28.7 Å². The molecule has 0 saturated carbocycles. The van der Waals surface area contributed by atoms with Crippen LogP contribution in [0.15, 0.2) is 103 Å². The van der Waals surface area contributed by atoms with Gasteiger partial charge in [-0.2, -0.15) is 0 Å². The van der Waals surface area contributed by atoms with Gasteiger partial charge in [0.15, 0.2) is 0 Å². The number of benzene rings is 3. The van der Waals surface area contributed by atoms with Gasteiger partial charge in [-0.3, -0.25) is 0 Å². The average Bonchev–Trinajstić information content (AvgIpc) is 3.16. The second-order valence-electron chi connectivity index (χ2n) is 6.49. The zero-order valence-corrected chi connectivity index (χ0v) is 16.0. The fraction of sp³-hybridized carbons (Fsp3) is 0.0800. The number of imidazole rings is 1. The van der Waals surface area contributed by atoms with Crippen molar-refractivity contribution in [3.05, 3.63) is 131 Å². The van der Waals surface area contributed by atoms with Crippen molar-refractivity contribution in [2.45, 2.75) is 13.3 Å². The van der Waals surface area contributed by atoms with E-state index < -0.39 is 0 Å². The minimum absolute atomic E-state index is 0.884. The first-order valence-corrected chi connectivity index (χ1v) is 9.33. The van der Waals surface area contributed by atoms with E-state index in [0.29, 0.717) is 0 Å². The Morgan fingerprint density at radius 2 is 1.32 bits per heavy atom. The van der Waals surface area contributed by atoms with E-state index in [-0.39, 0.29) is 0 Å². The van der Waals surface area contributed by atoms with Gasteiger partial charge in [-0.15, -0.1) is 5.98 Å². The monoisotopic (exact) mass is 362 g/mol. The number of aromatic nitrogens is 2. The molecule has 0 aliphatic heterocycles. The highest BCUT2D eigenvalue weighted by Crippen LogP contribution is 2.21. The van der Waals surface area contributed by atoms with Crippen molar-refractivity contribution in [3.63, 3.8) is 0 Å². The third-order valence-corrected chi connectivity index (χ3v) is 4.31. The first-order chi connectivity index (χ1) is 13.8. The lowest BCUT2D eigenvalue weighted by atomic mass is 9.92. The number of nitrogens with zero attached hydrogens (tertiary/aromatic N) is 1. The molecule has 1 N–H and O–H groups in total.